The molecule has 1 aliphatic rings. The van der Waals surface area contributed by atoms with E-state index in [9.17, 15) is 0 Å². The molecule has 1 aliphatic heterocycles. The molecule has 0 aliphatic carbocycles. The minimum atomic E-state index is 0.334. The largest absolute Gasteiger partial charge is 0.311 e. The van der Waals surface area contributed by atoms with E-state index in [-0.39, 0.29) is 0 Å². The summed E-state index contributed by atoms with van der Waals surface area (Å²) in [6.07, 6.45) is 3.79. The van der Waals surface area contributed by atoms with E-state index in [0.29, 0.717) is 29.0 Å². The van der Waals surface area contributed by atoms with Crippen LogP contribution in [0.1, 0.15) is 74.7 Å². The molecule has 0 aromatic rings. The average molecular weight is 283 g/mol. The summed E-state index contributed by atoms with van der Waals surface area (Å²) >= 11 is 0. The summed E-state index contributed by atoms with van der Waals surface area (Å²) in [4.78, 5) is 2.87. The Morgan fingerprint density at radius 1 is 1.05 bits per heavy atom. The molecule has 2 heteroatoms. The highest BCUT2D eigenvalue weighted by Gasteiger charge is 2.43. The minimum absolute atomic E-state index is 0.334. The van der Waals surface area contributed by atoms with Gasteiger partial charge in [-0.2, -0.15) is 0 Å². The van der Waals surface area contributed by atoms with Crippen molar-refractivity contribution in [2.24, 2.45) is 11.3 Å². The van der Waals surface area contributed by atoms with Crippen LogP contribution in [-0.4, -0.2) is 35.6 Å². The Balaban J connectivity index is 3.05. The summed E-state index contributed by atoms with van der Waals surface area (Å²) in [5, 5.41) is 3.82. The van der Waals surface area contributed by atoms with Crippen LogP contribution in [0.25, 0.3) is 0 Å². The molecule has 0 amide bonds. The topological polar surface area (TPSA) is 15.3 Å². The van der Waals surface area contributed by atoms with Gasteiger partial charge in [-0.25, -0.2) is 0 Å². The summed E-state index contributed by atoms with van der Waals surface area (Å²) in [6.45, 7) is 21.3. The predicted molar refractivity (Wildman–Crippen MR) is 90.2 cm³/mol. The second-order valence-corrected chi connectivity index (χ2v) is 8.08. The Labute approximate surface area is 127 Å². The molecule has 0 aromatic carbocycles. The number of piperazine rings is 1. The van der Waals surface area contributed by atoms with Crippen LogP contribution < -0.4 is 5.32 Å². The molecular weight excluding hydrogens is 244 g/mol. The smallest absolute Gasteiger partial charge is 0.0249 e. The van der Waals surface area contributed by atoms with Crippen LogP contribution >= 0.6 is 0 Å². The fourth-order valence-electron chi connectivity index (χ4n) is 3.85. The van der Waals surface area contributed by atoms with Crippen molar-refractivity contribution in [3.63, 3.8) is 0 Å². The van der Waals surface area contributed by atoms with E-state index < -0.39 is 0 Å². The Bertz CT molecular complexity index is 278. The molecule has 1 heterocycles. The lowest BCUT2D eigenvalue weighted by molar-refractivity contribution is -0.0327. The molecule has 0 saturated carbocycles. The first kappa shape index (κ1) is 18.0. The Morgan fingerprint density at radius 3 is 1.90 bits per heavy atom. The molecule has 1 N–H and O–H groups in total. The van der Waals surface area contributed by atoms with E-state index in [2.05, 4.69) is 65.6 Å². The van der Waals surface area contributed by atoms with E-state index in [4.69, 9.17) is 0 Å². The lowest BCUT2D eigenvalue weighted by Crippen LogP contribution is -2.67. The first-order valence-electron chi connectivity index (χ1n) is 8.72. The van der Waals surface area contributed by atoms with Gasteiger partial charge in [-0.3, -0.25) is 4.90 Å². The van der Waals surface area contributed by atoms with Crippen molar-refractivity contribution in [3.8, 4) is 0 Å². The van der Waals surface area contributed by atoms with Crippen molar-refractivity contribution >= 4 is 0 Å². The van der Waals surface area contributed by atoms with E-state index >= 15 is 0 Å². The summed E-state index contributed by atoms with van der Waals surface area (Å²) in [5.74, 6) is 0.715. The fraction of sp³-hybridized carbons (Fsp3) is 1.00. The van der Waals surface area contributed by atoms with E-state index in [1.54, 1.807) is 0 Å². The Morgan fingerprint density at radius 2 is 1.55 bits per heavy atom. The molecule has 1 fully saturated rings. The molecule has 120 valence electrons. The van der Waals surface area contributed by atoms with Crippen molar-refractivity contribution < 1.29 is 0 Å². The summed E-state index contributed by atoms with van der Waals surface area (Å²) in [6, 6.07) is 1.27. The summed E-state index contributed by atoms with van der Waals surface area (Å²) in [5.41, 5.74) is 0.724. The molecule has 1 saturated heterocycles. The van der Waals surface area contributed by atoms with Crippen LogP contribution in [-0.2, 0) is 0 Å². The van der Waals surface area contributed by atoms with Gasteiger partial charge in [-0.15, -0.1) is 0 Å². The second-order valence-electron chi connectivity index (χ2n) is 8.08. The SMILES string of the molecule is CCC(CC)(CC)N1CC(C(C)(C)C)NCC1C(C)C. The van der Waals surface area contributed by atoms with Crippen LogP contribution in [0.2, 0.25) is 0 Å². The Kier molecular flexibility index (Phi) is 6.10. The number of rotatable bonds is 5. The predicted octanol–water partition coefficient (Wildman–Crippen LogP) is 4.30. The second kappa shape index (κ2) is 6.79. The van der Waals surface area contributed by atoms with Crippen LogP contribution in [0.15, 0.2) is 0 Å². The maximum Gasteiger partial charge on any atom is 0.0249 e. The monoisotopic (exact) mass is 282 g/mol. The highest BCUT2D eigenvalue weighted by atomic mass is 15.3. The maximum absolute atomic E-state index is 3.82. The molecule has 0 spiro atoms. The van der Waals surface area contributed by atoms with E-state index in [1.165, 1.54) is 25.8 Å². The van der Waals surface area contributed by atoms with Gasteiger partial charge >= 0.3 is 0 Å². The maximum atomic E-state index is 3.82. The van der Waals surface area contributed by atoms with Crippen molar-refractivity contribution in [1.82, 2.24) is 10.2 Å². The van der Waals surface area contributed by atoms with E-state index in [0.717, 1.165) is 6.54 Å². The summed E-state index contributed by atoms with van der Waals surface area (Å²) < 4.78 is 0. The standard InChI is InChI=1S/C18H38N2/c1-9-18(10-2,11-3)20-13-16(17(6,7)8)19-12-15(20)14(4)5/h14-16,19H,9-13H2,1-8H3. The zero-order chi connectivity index (χ0) is 15.6. The molecule has 2 atom stereocenters. The van der Waals surface area contributed by atoms with Crippen molar-refractivity contribution in [2.45, 2.75) is 92.3 Å². The lowest BCUT2D eigenvalue weighted by atomic mass is 9.78. The molecule has 0 radical (unpaired) electrons. The quantitative estimate of drug-likeness (QED) is 0.809. The van der Waals surface area contributed by atoms with Gasteiger partial charge in [0, 0.05) is 30.7 Å². The zero-order valence-corrected chi connectivity index (χ0v) is 15.2. The molecule has 20 heavy (non-hydrogen) atoms. The third kappa shape index (κ3) is 3.57. The van der Waals surface area contributed by atoms with Crippen LogP contribution in [0.5, 0.6) is 0 Å². The highest BCUT2D eigenvalue weighted by molar-refractivity contribution is 5.00. The molecule has 0 aromatic heterocycles. The lowest BCUT2D eigenvalue weighted by Gasteiger charge is -2.55. The number of hydrogen-bond acceptors (Lipinski definition) is 2. The van der Waals surface area contributed by atoms with Gasteiger partial charge in [0.15, 0.2) is 0 Å². The van der Waals surface area contributed by atoms with Gasteiger partial charge in [-0.05, 0) is 30.6 Å². The first-order valence-corrected chi connectivity index (χ1v) is 8.72. The van der Waals surface area contributed by atoms with Crippen molar-refractivity contribution in [3.05, 3.63) is 0 Å². The van der Waals surface area contributed by atoms with Gasteiger partial charge in [0.2, 0.25) is 0 Å². The highest BCUT2D eigenvalue weighted by Crippen LogP contribution is 2.35. The Hall–Kier alpha value is -0.0800. The van der Waals surface area contributed by atoms with Gasteiger partial charge < -0.3 is 5.32 Å². The van der Waals surface area contributed by atoms with Gasteiger partial charge in [0.1, 0.15) is 0 Å². The fourth-order valence-corrected chi connectivity index (χ4v) is 3.85. The molecule has 2 nitrogen and oxygen atoms in total. The third-order valence-corrected chi connectivity index (χ3v) is 5.75. The molecule has 1 rings (SSSR count). The molecular formula is C18H38N2. The average Bonchev–Trinajstić information content (AvgIpc) is 2.40. The van der Waals surface area contributed by atoms with Crippen LogP contribution in [0, 0.1) is 11.3 Å². The van der Waals surface area contributed by atoms with Gasteiger partial charge in [-0.1, -0.05) is 55.4 Å². The van der Waals surface area contributed by atoms with Gasteiger partial charge in [0.05, 0.1) is 0 Å². The molecule has 2 unspecified atom stereocenters. The number of nitrogens with one attached hydrogen (secondary N) is 1. The minimum Gasteiger partial charge on any atom is -0.311 e. The molecule has 0 bridgehead atoms. The van der Waals surface area contributed by atoms with Crippen LogP contribution in [0.4, 0.5) is 0 Å². The van der Waals surface area contributed by atoms with Crippen LogP contribution in [0.3, 0.4) is 0 Å². The van der Waals surface area contributed by atoms with Gasteiger partial charge in [0.25, 0.3) is 0 Å². The number of hydrogen-bond donors (Lipinski definition) is 1. The zero-order valence-electron chi connectivity index (χ0n) is 15.2. The number of nitrogens with zero attached hydrogens (tertiary/aromatic N) is 1. The third-order valence-electron chi connectivity index (χ3n) is 5.75. The first-order chi connectivity index (χ1) is 9.21. The summed E-state index contributed by atoms with van der Waals surface area (Å²) in [7, 11) is 0. The van der Waals surface area contributed by atoms with E-state index in [1.807, 2.05) is 0 Å². The normalized spacial score (nSPS) is 26.2. The van der Waals surface area contributed by atoms with Crippen molar-refractivity contribution in [1.29, 1.82) is 0 Å². The van der Waals surface area contributed by atoms with Crippen molar-refractivity contribution in [2.75, 3.05) is 13.1 Å².